The highest BCUT2D eigenvalue weighted by molar-refractivity contribution is 5.96. The molecule has 0 bridgehead atoms. The topological polar surface area (TPSA) is 99.0 Å². The zero-order valence-corrected chi connectivity index (χ0v) is 18.1. The minimum Gasteiger partial charge on any atom is -0.366 e. The third-order valence-electron chi connectivity index (χ3n) is 6.39. The normalized spacial score (nSPS) is 22.3. The number of nitrogens with zero attached hydrogens (tertiary/aromatic N) is 4. The first kappa shape index (κ1) is 21.5. The van der Waals surface area contributed by atoms with Crippen molar-refractivity contribution in [1.82, 2.24) is 15.1 Å². The van der Waals surface area contributed by atoms with E-state index in [0.717, 1.165) is 38.8 Å². The molecule has 168 valence electrons. The number of nitro benzene ring substituents is 1. The van der Waals surface area contributed by atoms with Gasteiger partial charge in [-0.1, -0.05) is 6.92 Å². The molecule has 2 aliphatic heterocycles. The fraction of sp³-hybridized carbons (Fsp3) is 0.636. The van der Waals surface area contributed by atoms with Crippen LogP contribution in [-0.4, -0.2) is 78.4 Å². The quantitative estimate of drug-likeness (QED) is 0.548. The minimum atomic E-state index is -0.387. The molecule has 2 saturated heterocycles. The van der Waals surface area contributed by atoms with Gasteiger partial charge in [-0.25, -0.2) is 0 Å². The predicted octanol–water partition coefficient (Wildman–Crippen LogP) is 1.87. The maximum absolute atomic E-state index is 13.0. The number of carbonyl (C=O) groups excluding carboxylic acids is 2. The van der Waals surface area contributed by atoms with E-state index in [2.05, 4.69) is 17.1 Å². The molecule has 3 fully saturated rings. The SMILES string of the molecule is CC1CCCN(c2ccc(C(=O)N3CCN(CC(=O)NC4CC4)CC3)cc2[N+](=O)[O-])C1. The summed E-state index contributed by atoms with van der Waals surface area (Å²) in [7, 11) is 0. The zero-order chi connectivity index (χ0) is 22.0. The number of hydrogen-bond acceptors (Lipinski definition) is 6. The molecular formula is C22H31N5O4. The summed E-state index contributed by atoms with van der Waals surface area (Å²) < 4.78 is 0. The van der Waals surface area contributed by atoms with E-state index >= 15 is 0 Å². The molecule has 2 heterocycles. The number of anilines is 1. The summed E-state index contributed by atoms with van der Waals surface area (Å²) in [5.74, 6) is 0.349. The molecule has 1 unspecified atom stereocenters. The highest BCUT2D eigenvalue weighted by Crippen LogP contribution is 2.32. The lowest BCUT2D eigenvalue weighted by atomic mass is 9.99. The van der Waals surface area contributed by atoms with Gasteiger partial charge in [-0.3, -0.25) is 24.6 Å². The molecule has 9 heteroatoms. The van der Waals surface area contributed by atoms with Crippen molar-refractivity contribution in [2.45, 2.75) is 38.6 Å². The van der Waals surface area contributed by atoms with Crippen molar-refractivity contribution in [3.05, 3.63) is 33.9 Å². The molecule has 0 aromatic heterocycles. The molecule has 1 atom stereocenters. The Morgan fingerprint density at radius 1 is 1.13 bits per heavy atom. The molecule has 1 aromatic carbocycles. The van der Waals surface area contributed by atoms with E-state index in [4.69, 9.17) is 0 Å². The van der Waals surface area contributed by atoms with Crippen molar-refractivity contribution in [2.75, 3.05) is 50.7 Å². The second-order valence-electron chi connectivity index (χ2n) is 9.06. The first-order valence-electron chi connectivity index (χ1n) is 11.2. The van der Waals surface area contributed by atoms with E-state index in [1.165, 1.54) is 6.07 Å². The van der Waals surface area contributed by atoms with Crippen LogP contribution in [0, 0.1) is 16.0 Å². The van der Waals surface area contributed by atoms with Crippen LogP contribution in [0.1, 0.15) is 43.0 Å². The summed E-state index contributed by atoms with van der Waals surface area (Å²) in [6.45, 7) is 6.37. The highest BCUT2D eigenvalue weighted by atomic mass is 16.6. The van der Waals surface area contributed by atoms with Gasteiger partial charge >= 0.3 is 0 Å². The summed E-state index contributed by atoms with van der Waals surface area (Å²) in [6, 6.07) is 5.20. The third kappa shape index (κ3) is 5.33. The predicted molar refractivity (Wildman–Crippen MR) is 117 cm³/mol. The first-order valence-corrected chi connectivity index (χ1v) is 11.2. The minimum absolute atomic E-state index is 0.00432. The van der Waals surface area contributed by atoms with Gasteiger partial charge in [-0.05, 0) is 43.7 Å². The van der Waals surface area contributed by atoms with Gasteiger partial charge in [0.15, 0.2) is 0 Å². The van der Waals surface area contributed by atoms with Crippen molar-refractivity contribution in [2.24, 2.45) is 5.92 Å². The molecule has 1 saturated carbocycles. The summed E-state index contributed by atoms with van der Waals surface area (Å²) in [5, 5.41) is 14.7. The molecule has 1 aromatic rings. The summed E-state index contributed by atoms with van der Waals surface area (Å²) in [4.78, 5) is 42.1. The molecule has 0 radical (unpaired) electrons. The van der Waals surface area contributed by atoms with Gasteiger partial charge in [0.1, 0.15) is 5.69 Å². The number of amides is 2. The van der Waals surface area contributed by atoms with Crippen molar-refractivity contribution < 1.29 is 14.5 Å². The lowest BCUT2D eigenvalue weighted by Gasteiger charge is -2.34. The van der Waals surface area contributed by atoms with Gasteiger partial charge in [0.2, 0.25) is 5.91 Å². The second-order valence-corrected chi connectivity index (χ2v) is 9.06. The molecule has 31 heavy (non-hydrogen) atoms. The van der Waals surface area contributed by atoms with Gasteiger partial charge in [0.05, 0.1) is 11.5 Å². The van der Waals surface area contributed by atoms with Gasteiger partial charge in [-0.15, -0.1) is 0 Å². The Balaban J connectivity index is 1.38. The smallest absolute Gasteiger partial charge is 0.293 e. The second kappa shape index (κ2) is 9.21. The van der Waals surface area contributed by atoms with Crippen LogP contribution in [0.15, 0.2) is 18.2 Å². The molecule has 1 N–H and O–H groups in total. The molecule has 3 aliphatic rings. The van der Waals surface area contributed by atoms with Crippen LogP contribution in [-0.2, 0) is 4.79 Å². The van der Waals surface area contributed by atoms with E-state index in [1.807, 2.05) is 4.90 Å². The van der Waals surface area contributed by atoms with Crippen molar-refractivity contribution >= 4 is 23.2 Å². The van der Waals surface area contributed by atoms with Gasteiger partial charge in [0, 0.05) is 56.9 Å². The number of nitrogens with one attached hydrogen (secondary N) is 1. The van der Waals surface area contributed by atoms with Crippen LogP contribution in [0.25, 0.3) is 0 Å². The lowest BCUT2D eigenvalue weighted by Crippen LogP contribution is -2.51. The highest BCUT2D eigenvalue weighted by Gasteiger charge is 2.29. The number of piperidine rings is 1. The number of benzene rings is 1. The Hall–Kier alpha value is -2.68. The molecule has 2 amide bonds. The average molecular weight is 430 g/mol. The zero-order valence-electron chi connectivity index (χ0n) is 18.1. The van der Waals surface area contributed by atoms with E-state index in [9.17, 15) is 19.7 Å². The average Bonchev–Trinajstić information content (AvgIpc) is 3.57. The van der Waals surface area contributed by atoms with Crippen LogP contribution in [0.4, 0.5) is 11.4 Å². The van der Waals surface area contributed by atoms with E-state index in [-0.39, 0.29) is 22.4 Å². The Morgan fingerprint density at radius 2 is 1.87 bits per heavy atom. The molecule has 9 nitrogen and oxygen atoms in total. The van der Waals surface area contributed by atoms with Crippen LogP contribution < -0.4 is 10.2 Å². The van der Waals surface area contributed by atoms with Gasteiger partial charge < -0.3 is 15.1 Å². The molecule has 1 aliphatic carbocycles. The van der Waals surface area contributed by atoms with Crippen molar-refractivity contribution in [3.8, 4) is 0 Å². The summed E-state index contributed by atoms with van der Waals surface area (Å²) >= 11 is 0. The van der Waals surface area contributed by atoms with Crippen molar-refractivity contribution in [1.29, 1.82) is 0 Å². The number of carbonyl (C=O) groups is 2. The molecular weight excluding hydrogens is 398 g/mol. The largest absolute Gasteiger partial charge is 0.366 e. The number of nitro groups is 1. The van der Waals surface area contributed by atoms with Crippen molar-refractivity contribution in [3.63, 3.8) is 0 Å². The fourth-order valence-corrected chi connectivity index (χ4v) is 4.47. The Bertz CT molecular complexity index is 848. The fourth-order valence-electron chi connectivity index (χ4n) is 4.47. The third-order valence-corrected chi connectivity index (χ3v) is 6.39. The standard InChI is InChI=1S/C22H31N5O4/c1-16-3-2-8-26(14-16)19-7-4-17(13-20(19)27(30)31)22(29)25-11-9-24(10-12-25)15-21(28)23-18-5-6-18/h4,7,13,16,18H,2-3,5-6,8-12,14-15H2,1H3,(H,23,28). The molecule has 4 rings (SSSR count). The van der Waals surface area contributed by atoms with Gasteiger partial charge in [0.25, 0.3) is 11.6 Å². The van der Waals surface area contributed by atoms with E-state index in [1.54, 1.807) is 17.0 Å². The number of rotatable bonds is 6. The van der Waals surface area contributed by atoms with Crippen LogP contribution >= 0.6 is 0 Å². The molecule has 0 spiro atoms. The van der Waals surface area contributed by atoms with E-state index in [0.29, 0.717) is 55.9 Å². The lowest BCUT2D eigenvalue weighted by molar-refractivity contribution is -0.384. The summed E-state index contributed by atoms with van der Waals surface area (Å²) in [5.41, 5.74) is 0.940. The van der Waals surface area contributed by atoms with E-state index < -0.39 is 0 Å². The summed E-state index contributed by atoms with van der Waals surface area (Å²) in [6.07, 6.45) is 4.28. The monoisotopic (exact) mass is 429 g/mol. The van der Waals surface area contributed by atoms with Gasteiger partial charge in [-0.2, -0.15) is 0 Å². The first-order chi connectivity index (χ1) is 14.9. The number of piperazine rings is 1. The Kier molecular flexibility index (Phi) is 6.41. The Labute approximate surface area is 182 Å². The maximum atomic E-state index is 13.0. The van der Waals surface area contributed by atoms with Crippen LogP contribution in [0.2, 0.25) is 0 Å². The van der Waals surface area contributed by atoms with Crippen LogP contribution in [0.3, 0.4) is 0 Å². The maximum Gasteiger partial charge on any atom is 0.293 e. The van der Waals surface area contributed by atoms with Crippen LogP contribution in [0.5, 0.6) is 0 Å². The number of hydrogen-bond donors (Lipinski definition) is 1. The Morgan fingerprint density at radius 3 is 2.52 bits per heavy atom.